The fourth-order valence-electron chi connectivity index (χ4n) is 5.13. The smallest absolute Gasteiger partial charge is 0.243 e. The number of rotatable bonds is 7. The molecule has 11 heteroatoms. The number of fused-ring (bicyclic) bond motifs is 1. The minimum Gasteiger partial charge on any atom is -0.389 e. The Bertz CT molecular complexity index is 941. The van der Waals surface area contributed by atoms with Crippen LogP contribution in [-0.4, -0.2) is 98.9 Å². The summed E-state index contributed by atoms with van der Waals surface area (Å²) in [5.41, 5.74) is 0. The van der Waals surface area contributed by atoms with Crippen LogP contribution in [0.5, 0.6) is 0 Å². The van der Waals surface area contributed by atoms with E-state index >= 15 is 0 Å². The van der Waals surface area contributed by atoms with E-state index in [1.807, 2.05) is 0 Å². The van der Waals surface area contributed by atoms with E-state index in [0.29, 0.717) is 19.4 Å². The first kappa shape index (κ1) is 26.4. The number of piperidine rings is 1. The van der Waals surface area contributed by atoms with Crippen LogP contribution < -0.4 is 5.32 Å². The highest BCUT2D eigenvalue weighted by Crippen LogP contribution is 2.31. The number of hydrogen-bond acceptors (Lipinski definition) is 7. The fourth-order valence-corrected chi connectivity index (χ4v) is 6.85. The largest absolute Gasteiger partial charge is 0.389 e. The van der Waals surface area contributed by atoms with Crippen LogP contribution in [0.25, 0.3) is 0 Å². The molecule has 3 fully saturated rings. The van der Waals surface area contributed by atoms with Gasteiger partial charge in [-0.2, -0.15) is 4.31 Å². The van der Waals surface area contributed by atoms with Crippen LogP contribution in [0.2, 0.25) is 0 Å². The number of amides is 1. The van der Waals surface area contributed by atoms with Gasteiger partial charge in [0.25, 0.3) is 0 Å². The van der Waals surface area contributed by atoms with Crippen molar-refractivity contribution in [2.24, 2.45) is 0 Å². The van der Waals surface area contributed by atoms with Gasteiger partial charge in [0.05, 0.1) is 48.9 Å². The molecule has 1 aromatic rings. The Hall–Kier alpha value is -1.63. The van der Waals surface area contributed by atoms with Crippen molar-refractivity contribution in [3.8, 4) is 0 Å². The molecule has 3 aliphatic rings. The number of carbonyl (C=O) groups is 1. The van der Waals surface area contributed by atoms with Gasteiger partial charge in [-0.15, -0.1) is 0 Å². The van der Waals surface area contributed by atoms with Crippen LogP contribution in [0.3, 0.4) is 0 Å². The molecule has 4 rings (SSSR count). The summed E-state index contributed by atoms with van der Waals surface area (Å²) >= 11 is 0. The zero-order valence-electron chi connectivity index (χ0n) is 20.0. The van der Waals surface area contributed by atoms with E-state index in [4.69, 9.17) is 9.47 Å². The van der Waals surface area contributed by atoms with Crippen LogP contribution in [0, 0.1) is 5.82 Å². The standard InChI is InChI=1S/C24H36FN3O6S/c25-18-4-7-21(8-5-18)35(31,32)28-15-19(29)16-33-17-23-22(28)9-6-20(34-23)14-24(30)26-10-13-27-11-2-1-3-12-27/h4-5,7-8,19-20,22-23,29H,1-3,6,9-17H2,(H,26,30)/t19-,20-,22+,23-/m0/s1. The number of β-amino-alcohol motifs (C(OH)–C–C–N with tert-alkyl or cyclic N) is 1. The Kier molecular flexibility index (Phi) is 9.12. The molecular formula is C24H36FN3O6S. The molecule has 2 N–H and O–H groups in total. The van der Waals surface area contributed by atoms with Gasteiger partial charge in [0.1, 0.15) is 5.82 Å². The first-order chi connectivity index (χ1) is 16.8. The SMILES string of the molecule is O=C(C[C@@H]1CC[C@@H]2[C@H](COC[C@@H](O)CN2S(=O)(=O)c2ccc(F)cc2)O1)NCCN1CCCCC1. The molecule has 3 saturated heterocycles. The van der Waals surface area contributed by atoms with E-state index in [9.17, 15) is 22.7 Å². The van der Waals surface area contributed by atoms with E-state index in [0.717, 1.165) is 31.8 Å². The first-order valence-electron chi connectivity index (χ1n) is 12.5. The minimum atomic E-state index is -4.00. The first-order valence-corrected chi connectivity index (χ1v) is 13.9. The van der Waals surface area contributed by atoms with Gasteiger partial charge in [0.15, 0.2) is 0 Å². The van der Waals surface area contributed by atoms with Crippen molar-refractivity contribution in [2.75, 3.05) is 45.9 Å². The van der Waals surface area contributed by atoms with E-state index in [1.165, 1.54) is 35.7 Å². The van der Waals surface area contributed by atoms with Crippen molar-refractivity contribution in [1.29, 1.82) is 0 Å². The van der Waals surface area contributed by atoms with Crippen molar-refractivity contribution in [1.82, 2.24) is 14.5 Å². The summed E-state index contributed by atoms with van der Waals surface area (Å²) in [5.74, 6) is -0.607. The lowest BCUT2D eigenvalue weighted by Crippen LogP contribution is -2.57. The van der Waals surface area contributed by atoms with Gasteiger partial charge in [-0.25, -0.2) is 12.8 Å². The highest BCUT2D eigenvalue weighted by atomic mass is 32.2. The molecule has 1 amide bonds. The van der Waals surface area contributed by atoms with Gasteiger partial charge < -0.3 is 24.8 Å². The lowest BCUT2D eigenvalue weighted by atomic mass is 9.96. The van der Waals surface area contributed by atoms with Gasteiger partial charge in [0.2, 0.25) is 15.9 Å². The number of halogens is 1. The molecule has 1 aromatic carbocycles. The van der Waals surface area contributed by atoms with Crippen LogP contribution in [0.4, 0.5) is 4.39 Å². The highest BCUT2D eigenvalue weighted by molar-refractivity contribution is 7.89. The van der Waals surface area contributed by atoms with Crippen molar-refractivity contribution in [3.63, 3.8) is 0 Å². The summed E-state index contributed by atoms with van der Waals surface area (Å²) in [6.07, 6.45) is 2.96. The van der Waals surface area contributed by atoms with Crippen LogP contribution >= 0.6 is 0 Å². The number of carbonyl (C=O) groups excluding carboxylic acids is 1. The van der Waals surface area contributed by atoms with Crippen LogP contribution in [0.1, 0.15) is 38.5 Å². The third-order valence-electron chi connectivity index (χ3n) is 6.97. The molecule has 3 aliphatic heterocycles. The van der Waals surface area contributed by atoms with E-state index in [2.05, 4.69) is 10.2 Å². The Morgan fingerprint density at radius 2 is 1.86 bits per heavy atom. The van der Waals surface area contributed by atoms with Crippen LogP contribution in [0.15, 0.2) is 29.2 Å². The molecule has 0 unspecified atom stereocenters. The van der Waals surface area contributed by atoms with E-state index < -0.39 is 34.1 Å². The summed E-state index contributed by atoms with van der Waals surface area (Å²) in [5, 5.41) is 13.3. The number of nitrogens with zero attached hydrogens (tertiary/aromatic N) is 2. The molecule has 0 spiro atoms. The maximum Gasteiger partial charge on any atom is 0.243 e. The molecule has 0 radical (unpaired) electrons. The summed E-state index contributed by atoms with van der Waals surface area (Å²) < 4.78 is 53.2. The molecule has 0 aromatic heterocycles. The van der Waals surface area contributed by atoms with Crippen molar-refractivity contribution < 1.29 is 32.2 Å². The van der Waals surface area contributed by atoms with Gasteiger partial charge >= 0.3 is 0 Å². The van der Waals surface area contributed by atoms with Crippen molar-refractivity contribution >= 4 is 15.9 Å². The predicted molar refractivity (Wildman–Crippen MR) is 127 cm³/mol. The molecule has 0 bridgehead atoms. The molecule has 0 saturated carbocycles. The molecule has 35 heavy (non-hydrogen) atoms. The number of sulfonamides is 1. The molecular weight excluding hydrogens is 477 g/mol. The number of hydrogen-bond donors (Lipinski definition) is 2. The molecule has 4 atom stereocenters. The number of ether oxygens (including phenoxy) is 2. The summed E-state index contributed by atoms with van der Waals surface area (Å²) in [6, 6.07) is 4.10. The van der Waals surface area contributed by atoms with Gasteiger partial charge in [0, 0.05) is 19.6 Å². The molecule has 9 nitrogen and oxygen atoms in total. The Balaban J connectivity index is 1.36. The maximum absolute atomic E-state index is 13.4. The van der Waals surface area contributed by atoms with Gasteiger partial charge in [-0.3, -0.25) is 4.79 Å². The summed E-state index contributed by atoms with van der Waals surface area (Å²) in [6.45, 7) is 3.55. The Labute approximate surface area is 206 Å². The van der Waals surface area contributed by atoms with Gasteiger partial charge in [-0.1, -0.05) is 6.42 Å². The molecule has 0 aliphatic carbocycles. The number of likely N-dealkylation sites (tertiary alicyclic amines) is 1. The average molecular weight is 514 g/mol. The zero-order chi connectivity index (χ0) is 24.8. The Morgan fingerprint density at radius 3 is 2.60 bits per heavy atom. The van der Waals surface area contributed by atoms with Crippen molar-refractivity contribution in [3.05, 3.63) is 30.1 Å². The molecule has 3 heterocycles. The lowest BCUT2D eigenvalue weighted by Gasteiger charge is -2.43. The second kappa shape index (κ2) is 12.1. The van der Waals surface area contributed by atoms with E-state index in [-0.39, 0.29) is 43.1 Å². The predicted octanol–water partition coefficient (Wildman–Crippen LogP) is 1.12. The second-order valence-electron chi connectivity index (χ2n) is 9.62. The quantitative estimate of drug-likeness (QED) is 0.563. The molecule has 196 valence electrons. The fraction of sp³-hybridized carbons (Fsp3) is 0.708. The van der Waals surface area contributed by atoms with Gasteiger partial charge in [-0.05, 0) is 63.0 Å². The van der Waals surface area contributed by atoms with E-state index in [1.54, 1.807) is 0 Å². The topological polar surface area (TPSA) is 108 Å². The minimum absolute atomic E-state index is 0.0241. The lowest BCUT2D eigenvalue weighted by molar-refractivity contribution is -0.146. The average Bonchev–Trinajstić information content (AvgIpc) is 2.83. The summed E-state index contributed by atoms with van der Waals surface area (Å²) in [7, 11) is -4.00. The normalized spacial score (nSPS) is 29.1. The monoisotopic (exact) mass is 513 g/mol. The number of benzene rings is 1. The second-order valence-corrected chi connectivity index (χ2v) is 11.5. The maximum atomic E-state index is 13.4. The number of nitrogens with one attached hydrogen (secondary N) is 1. The number of aliphatic hydroxyl groups excluding tert-OH is 1. The van der Waals surface area contributed by atoms with Crippen LogP contribution in [-0.2, 0) is 24.3 Å². The number of aliphatic hydroxyl groups is 1. The third kappa shape index (κ3) is 6.99. The van der Waals surface area contributed by atoms with Crippen molar-refractivity contribution in [2.45, 2.75) is 67.8 Å². The highest BCUT2D eigenvalue weighted by Gasteiger charge is 2.43. The third-order valence-corrected chi connectivity index (χ3v) is 8.87. The summed E-state index contributed by atoms with van der Waals surface area (Å²) in [4.78, 5) is 14.8. The Morgan fingerprint density at radius 1 is 1.11 bits per heavy atom. The zero-order valence-corrected chi connectivity index (χ0v) is 20.8.